The third-order valence-corrected chi connectivity index (χ3v) is 2.70. The molecule has 1 aromatic rings. The third-order valence-electron chi connectivity index (χ3n) is 2.70. The molecule has 6 heteroatoms. The Hall–Kier alpha value is -2.42. The summed E-state index contributed by atoms with van der Waals surface area (Å²) in [5.41, 5.74) is 1.71. The summed E-state index contributed by atoms with van der Waals surface area (Å²) in [4.78, 5) is 27.9. The molecule has 1 unspecified atom stereocenters. The lowest BCUT2D eigenvalue weighted by atomic mass is 10.0. The largest absolute Gasteiger partial charge is 0.339 e. The molecule has 2 amide bonds. The Kier molecular flexibility index (Phi) is 2.75. The SMILES string of the molecule is CN1Cc2cncc(C(C#N)NC=O)c2C1=O. The predicted octanol–water partition coefficient (Wildman–Crippen LogP) is -0.0221. The minimum absolute atomic E-state index is 0.148. The van der Waals surface area contributed by atoms with Gasteiger partial charge in [-0.3, -0.25) is 14.6 Å². The van der Waals surface area contributed by atoms with E-state index in [1.165, 1.54) is 6.20 Å². The highest BCUT2D eigenvalue weighted by atomic mass is 16.2. The van der Waals surface area contributed by atoms with E-state index in [0.717, 1.165) is 5.56 Å². The van der Waals surface area contributed by atoms with Crippen LogP contribution in [0.25, 0.3) is 0 Å². The Labute approximate surface area is 97.9 Å². The second kappa shape index (κ2) is 4.22. The van der Waals surface area contributed by atoms with Crippen molar-refractivity contribution in [3.8, 4) is 6.07 Å². The summed E-state index contributed by atoms with van der Waals surface area (Å²) in [6.07, 6.45) is 3.49. The van der Waals surface area contributed by atoms with Crippen LogP contribution in [0.15, 0.2) is 12.4 Å². The van der Waals surface area contributed by atoms with Gasteiger partial charge < -0.3 is 10.2 Å². The van der Waals surface area contributed by atoms with Crippen LogP contribution in [-0.4, -0.2) is 29.2 Å². The predicted molar refractivity (Wildman–Crippen MR) is 57.6 cm³/mol. The maximum atomic E-state index is 11.9. The molecule has 17 heavy (non-hydrogen) atoms. The van der Waals surface area contributed by atoms with Gasteiger partial charge in [0.15, 0.2) is 0 Å². The van der Waals surface area contributed by atoms with Crippen LogP contribution in [0.5, 0.6) is 0 Å². The molecule has 0 aromatic carbocycles. The van der Waals surface area contributed by atoms with Crippen LogP contribution in [0.2, 0.25) is 0 Å². The lowest BCUT2D eigenvalue weighted by molar-refractivity contribution is -0.109. The topological polar surface area (TPSA) is 86.1 Å². The number of carbonyl (C=O) groups excluding carboxylic acids is 2. The molecule has 86 valence electrons. The summed E-state index contributed by atoms with van der Waals surface area (Å²) in [6, 6.07) is 1.09. The fourth-order valence-electron chi connectivity index (χ4n) is 1.90. The molecule has 0 spiro atoms. The number of rotatable bonds is 3. The minimum atomic E-state index is -0.842. The van der Waals surface area contributed by atoms with Gasteiger partial charge in [0.1, 0.15) is 6.04 Å². The van der Waals surface area contributed by atoms with E-state index < -0.39 is 6.04 Å². The molecule has 1 aliphatic heterocycles. The average Bonchev–Trinajstić information content (AvgIpc) is 2.62. The molecule has 1 atom stereocenters. The first-order valence-electron chi connectivity index (χ1n) is 5.00. The molecule has 2 heterocycles. The molecule has 0 saturated heterocycles. The van der Waals surface area contributed by atoms with Gasteiger partial charge in [0.05, 0.1) is 11.6 Å². The molecule has 6 nitrogen and oxygen atoms in total. The minimum Gasteiger partial charge on any atom is -0.339 e. The molecule has 0 fully saturated rings. The summed E-state index contributed by atoms with van der Waals surface area (Å²) in [7, 11) is 1.68. The maximum absolute atomic E-state index is 11.9. The summed E-state index contributed by atoms with van der Waals surface area (Å²) in [5.74, 6) is -0.148. The van der Waals surface area contributed by atoms with Gasteiger partial charge >= 0.3 is 0 Å². The van der Waals surface area contributed by atoms with E-state index in [1.807, 2.05) is 6.07 Å². The van der Waals surface area contributed by atoms with Gasteiger partial charge in [-0.25, -0.2) is 0 Å². The number of hydrogen-bond donors (Lipinski definition) is 1. The molecule has 0 aliphatic carbocycles. The Bertz CT molecular complexity index is 521. The second-order valence-corrected chi connectivity index (χ2v) is 3.77. The zero-order chi connectivity index (χ0) is 12.4. The highest BCUT2D eigenvalue weighted by molar-refractivity contribution is 5.99. The van der Waals surface area contributed by atoms with Crippen LogP contribution in [-0.2, 0) is 11.3 Å². The van der Waals surface area contributed by atoms with Crippen molar-refractivity contribution < 1.29 is 9.59 Å². The molecule has 2 rings (SSSR count). The van der Waals surface area contributed by atoms with Crippen molar-refractivity contribution in [2.45, 2.75) is 12.6 Å². The van der Waals surface area contributed by atoms with Gasteiger partial charge in [-0.2, -0.15) is 5.26 Å². The van der Waals surface area contributed by atoms with Crippen molar-refractivity contribution in [2.75, 3.05) is 7.05 Å². The van der Waals surface area contributed by atoms with Gasteiger partial charge in [0.25, 0.3) is 5.91 Å². The number of nitrogens with one attached hydrogen (secondary N) is 1. The molecule has 0 bridgehead atoms. The van der Waals surface area contributed by atoms with E-state index in [-0.39, 0.29) is 5.91 Å². The summed E-state index contributed by atoms with van der Waals surface area (Å²) in [6.45, 7) is 0.480. The third kappa shape index (κ3) is 1.72. The molecule has 1 aromatic heterocycles. The van der Waals surface area contributed by atoms with Crippen molar-refractivity contribution in [1.82, 2.24) is 15.2 Å². The zero-order valence-electron chi connectivity index (χ0n) is 9.17. The van der Waals surface area contributed by atoms with E-state index in [9.17, 15) is 9.59 Å². The molecule has 1 aliphatic rings. The standard InChI is InChI=1S/C11H10N4O2/c1-15-5-7-3-13-4-8(10(7)11(15)17)9(2-12)14-6-16/h3-4,6,9H,5H2,1H3,(H,14,16). The monoisotopic (exact) mass is 230 g/mol. The normalized spacial score (nSPS) is 15.1. The maximum Gasteiger partial charge on any atom is 0.254 e. The van der Waals surface area contributed by atoms with E-state index in [1.54, 1.807) is 18.1 Å². The first kappa shape index (κ1) is 11.1. The molecule has 0 saturated carbocycles. The number of pyridine rings is 1. The van der Waals surface area contributed by atoms with E-state index in [0.29, 0.717) is 24.1 Å². The van der Waals surface area contributed by atoms with Crippen molar-refractivity contribution in [1.29, 1.82) is 5.26 Å². The number of nitriles is 1. The van der Waals surface area contributed by atoms with Crippen LogP contribution in [0, 0.1) is 11.3 Å². The van der Waals surface area contributed by atoms with Crippen LogP contribution < -0.4 is 5.32 Å². The summed E-state index contributed by atoms with van der Waals surface area (Å²) >= 11 is 0. The number of amides is 2. The van der Waals surface area contributed by atoms with Crippen molar-refractivity contribution in [3.05, 3.63) is 29.1 Å². The molecular formula is C11H10N4O2. The molecule has 1 N–H and O–H groups in total. The second-order valence-electron chi connectivity index (χ2n) is 3.77. The van der Waals surface area contributed by atoms with Crippen molar-refractivity contribution >= 4 is 12.3 Å². The van der Waals surface area contributed by atoms with Gasteiger partial charge in [0.2, 0.25) is 6.41 Å². The van der Waals surface area contributed by atoms with Gasteiger partial charge in [-0.05, 0) is 0 Å². The van der Waals surface area contributed by atoms with E-state index in [2.05, 4.69) is 10.3 Å². The highest BCUT2D eigenvalue weighted by Gasteiger charge is 2.30. The Morgan fingerprint density at radius 3 is 3.06 bits per heavy atom. The number of nitrogens with zero attached hydrogens (tertiary/aromatic N) is 3. The van der Waals surface area contributed by atoms with Crippen LogP contribution in [0.4, 0.5) is 0 Å². The fraction of sp³-hybridized carbons (Fsp3) is 0.273. The van der Waals surface area contributed by atoms with Crippen LogP contribution >= 0.6 is 0 Å². The van der Waals surface area contributed by atoms with Crippen molar-refractivity contribution in [2.24, 2.45) is 0 Å². The fourth-order valence-corrected chi connectivity index (χ4v) is 1.90. The number of fused-ring (bicyclic) bond motifs is 1. The average molecular weight is 230 g/mol. The Balaban J connectivity index is 2.51. The molecular weight excluding hydrogens is 220 g/mol. The van der Waals surface area contributed by atoms with Crippen LogP contribution in [0.3, 0.4) is 0 Å². The highest BCUT2D eigenvalue weighted by Crippen LogP contribution is 2.27. The van der Waals surface area contributed by atoms with Crippen LogP contribution in [0.1, 0.15) is 27.5 Å². The lowest BCUT2D eigenvalue weighted by Gasteiger charge is -2.11. The zero-order valence-corrected chi connectivity index (χ0v) is 9.17. The first-order chi connectivity index (χ1) is 8.19. The number of hydrogen-bond acceptors (Lipinski definition) is 4. The van der Waals surface area contributed by atoms with Gasteiger partial charge in [0, 0.05) is 37.1 Å². The Morgan fingerprint density at radius 1 is 1.65 bits per heavy atom. The lowest BCUT2D eigenvalue weighted by Crippen LogP contribution is -2.23. The summed E-state index contributed by atoms with van der Waals surface area (Å²) in [5, 5.41) is 11.3. The van der Waals surface area contributed by atoms with Gasteiger partial charge in [-0.15, -0.1) is 0 Å². The number of carbonyl (C=O) groups is 2. The Morgan fingerprint density at radius 2 is 2.41 bits per heavy atom. The summed E-state index contributed by atoms with van der Waals surface area (Å²) < 4.78 is 0. The smallest absolute Gasteiger partial charge is 0.254 e. The molecule has 0 radical (unpaired) electrons. The van der Waals surface area contributed by atoms with Crippen molar-refractivity contribution in [3.63, 3.8) is 0 Å². The van der Waals surface area contributed by atoms with E-state index in [4.69, 9.17) is 5.26 Å². The first-order valence-corrected chi connectivity index (χ1v) is 5.00. The number of aromatic nitrogens is 1. The van der Waals surface area contributed by atoms with E-state index >= 15 is 0 Å². The van der Waals surface area contributed by atoms with Gasteiger partial charge in [-0.1, -0.05) is 0 Å². The quantitative estimate of drug-likeness (QED) is 0.739.